The van der Waals surface area contributed by atoms with Gasteiger partial charge in [-0.1, -0.05) is 35.9 Å². The Hall–Kier alpha value is -2.46. The lowest BCUT2D eigenvalue weighted by Gasteiger charge is -2.32. The van der Waals surface area contributed by atoms with Crippen LogP contribution in [0.5, 0.6) is 0 Å². The van der Waals surface area contributed by atoms with Crippen molar-refractivity contribution < 1.29 is 31.8 Å². The van der Waals surface area contributed by atoms with E-state index in [4.69, 9.17) is 21.1 Å². The number of hydrogen-bond donors (Lipinski definition) is 1. The van der Waals surface area contributed by atoms with E-state index in [0.29, 0.717) is 32.7 Å². The standard InChI is InChI=1S/C26H27ClF4N2O3/c1-35-10-11-36-14-16-2-4-17(5-3-16)23-19(12-32-15-26(23,30)31)25(34)33(18-6-7-18)13-20-21(28)8-9-22(29)24(20)27/h2-5,8-9,18,32H,6-7,10-15H2,1H3. The number of amides is 1. The van der Waals surface area contributed by atoms with Crippen LogP contribution in [-0.2, 0) is 27.4 Å². The predicted molar refractivity (Wildman–Crippen MR) is 128 cm³/mol. The smallest absolute Gasteiger partial charge is 0.286 e. The predicted octanol–water partition coefficient (Wildman–Crippen LogP) is 4.96. The van der Waals surface area contributed by atoms with Crippen LogP contribution in [-0.4, -0.2) is 56.2 Å². The van der Waals surface area contributed by atoms with Crippen molar-refractivity contribution >= 4 is 23.1 Å². The molecule has 0 spiro atoms. The molecule has 0 aromatic heterocycles. The summed E-state index contributed by atoms with van der Waals surface area (Å²) in [6, 6.07) is 8.03. The third kappa shape index (κ3) is 5.91. The van der Waals surface area contributed by atoms with Gasteiger partial charge in [0.15, 0.2) is 0 Å². The number of halogens is 5. The largest absolute Gasteiger partial charge is 0.382 e. The fourth-order valence-electron chi connectivity index (χ4n) is 4.22. The number of carbonyl (C=O) groups is 1. The number of carbonyl (C=O) groups excluding carboxylic acids is 1. The first-order valence-electron chi connectivity index (χ1n) is 11.6. The van der Waals surface area contributed by atoms with Crippen LogP contribution in [0.3, 0.4) is 0 Å². The van der Waals surface area contributed by atoms with Gasteiger partial charge in [-0.05, 0) is 36.1 Å². The van der Waals surface area contributed by atoms with Crippen LogP contribution in [0.15, 0.2) is 42.0 Å². The summed E-state index contributed by atoms with van der Waals surface area (Å²) in [7, 11) is 1.57. The summed E-state index contributed by atoms with van der Waals surface area (Å²) in [5.74, 6) is -5.53. The first-order valence-corrected chi connectivity index (χ1v) is 12.0. The lowest BCUT2D eigenvalue weighted by Crippen LogP contribution is -2.46. The van der Waals surface area contributed by atoms with Crippen molar-refractivity contribution in [2.45, 2.75) is 38.0 Å². The normalized spacial score (nSPS) is 17.4. The molecular formula is C26H27ClF4N2O3. The zero-order valence-corrected chi connectivity index (χ0v) is 20.5. The summed E-state index contributed by atoms with van der Waals surface area (Å²) < 4.78 is 69.2. The number of ether oxygens (including phenoxy) is 2. The van der Waals surface area contributed by atoms with E-state index in [0.717, 1.165) is 17.7 Å². The zero-order chi connectivity index (χ0) is 25.9. The van der Waals surface area contributed by atoms with Gasteiger partial charge in [0.2, 0.25) is 0 Å². The number of methoxy groups -OCH3 is 1. The van der Waals surface area contributed by atoms with Crippen molar-refractivity contribution in [3.05, 3.63) is 75.3 Å². The average molecular weight is 527 g/mol. The molecule has 1 aliphatic carbocycles. The molecule has 36 heavy (non-hydrogen) atoms. The Bertz CT molecular complexity index is 1140. The molecule has 4 rings (SSSR count). The first-order chi connectivity index (χ1) is 17.2. The second kappa shape index (κ2) is 11.3. The summed E-state index contributed by atoms with van der Waals surface area (Å²) in [5, 5.41) is 2.20. The summed E-state index contributed by atoms with van der Waals surface area (Å²) >= 11 is 5.98. The van der Waals surface area contributed by atoms with Gasteiger partial charge in [0.25, 0.3) is 11.8 Å². The Balaban J connectivity index is 1.65. The van der Waals surface area contributed by atoms with Crippen LogP contribution in [0, 0.1) is 11.6 Å². The highest BCUT2D eigenvalue weighted by atomic mass is 35.5. The SMILES string of the molecule is COCCOCc1ccc(C2=C(C(=O)N(Cc3c(F)ccc(F)c3Cl)C3CC3)CNCC2(F)F)cc1. The Morgan fingerprint density at radius 2 is 1.81 bits per heavy atom. The summed E-state index contributed by atoms with van der Waals surface area (Å²) in [5.41, 5.74) is 0.366. The molecule has 1 amide bonds. The third-order valence-electron chi connectivity index (χ3n) is 6.23. The molecule has 1 saturated carbocycles. The Labute approximate surface area is 212 Å². The van der Waals surface area contributed by atoms with Crippen LogP contribution in [0.1, 0.15) is 29.5 Å². The van der Waals surface area contributed by atoms with Crippen LogP contribution in [0.4, 0.5) is 17.6 Å². The van der Waals surface area contributed by atoms with E-state index < -0.39 is 35.0 Å². The van der Waals surface area contributed by atoms with Crippen LogP contribution >= 0.6 is 11.6 Å². The van der Waals surface area contributed by atoms with Crippen molar-refractivity contribution in [2.75, 3.05) is 33.4 Å². The van der Waals surface area contributed by atoms with Gasteiger partial charge in [-0.2, -0.15) is 8.78 Å². The maximum Gasteiger partial charge on any atom is 0.286 e. The highest BCUT2D eigenvalue weighted by molar-refractivity contribution is 6.31. The second-order valence-electron chi connectivity index (χ2n) is 8.89. The molecule has 0 bridgehead atoms. The molecule has 1 aliphatic heterocycles. The van der Waals surface area contributed by atoms with Crippen molar-refractivity contribution in [1.82, 2.24) is 10.2 Å². The molecular weight excluding hydrogens is 500 g/mol. The maximum atomic E-state index is 15.2. The third-order valence-corrected chi connectivity index (χ3v) is 6.64. The lowest BCUT2D eigenvalue weighted by molar-refractivity contribution is -0.128. The molecule has 1 N–H and O–H groups in total. The molecule has 1 heterocycles. The molecule has 0 radical (unpaired) electrons. The van der Waals surface area contributed by atoms with Gasteiger partial charge in [0.05, 0.1) is 37.9 Å². The van der Waals surface area contributed by atoms with Gasteiger partial charge < -0.3 is 19.7 Å². The number of benzene rings is 2. The van der Waals surface area contributed by atoms with Crippen molar-refractivity contribution in [3.63, 3.8) is 0 Å². The lowest BCUT2D eigenvalue weighted by atomic mass is 9.90. The number of nitrogens with one attached hydrogen (secondary N) is 1. The second-order valence-corrected chi connectivity index (χ2v) is 9.27. The van der Waals surface area contributed by atoms with Crippen molar-refractivity contribution in [1.29, 1.82) is 0 Å². The minimum absolute atomic E-state index is 0.0752. The Morgan fingerprint density at radius 1 is 1.11 bits per heavy atom. The van der Waals surface area contributed by atoms with E-state index in [-0.39, 0.29) is 41.4 Å². The quantitative estimate of drug-likeness (QED) is 0.270. The molecule has 194 valence electrons. The van der Waals surface area contributed by atoms with Crippen molar-refractivity contribution in [3.8, 4) is 0 Å². The number of rotatable bonds is 10. The number of alkyl halides is 2. The minimum Gasteiger partial charge on any atom is -0.382 e. The van der Waals surface area contributed by atoms with E-state index in [9.17, 15) is 13.6 Å². The average Bonchev–Trinajstić information content (AvgIpc) is 3.69. The minimum atomic E-state index is -3.31. The van der Waals surface area contributed by atoms with E-state index in [2.05, 4.69) is 5.32 Å². The Kier molecular flexibility index (Phi) is 8.34. The molecule has 0 saturated heterocycles. The van der Waals surface area contributed by atoms with Gasteiger partial charge in [-0.3, -0.25) is 4.79 Å². The topological polar surface area (TPSA) is 50.8 Å². The molecule has 2 aliphatic rings. The van der Waals surface area contributed by atoms with Gasteiger partial charge >= 0.3 is 0 Å². The fraction of sp³-hybridized carbons (Fsp3) is 0.423. The molecule has 5 nitrogen and oxygen atoms in total. The van der Waals surface area contributed by atoms with Crippen LogP contribution < -0.4 is 5.32 Å². The molecule has 0 atom stereocenters. The molecule has 2 aromatic carbocycles. The van der Waals surface area contributed by atoms with Crippen molar-refractivity contribution in [2.24, 2.45) is 0 Å². The number of hydrogen-bond acceptors (Lipinski definition) is 4. The molecule has 2 aromatic rings. The van der Waals surface area contributed by atoms with E-state index >= 15 is 8.78 Å². The Morgan fingerprint density at radius 3 is 2.47 bits per heavy atom. The highest BCUT2D eigenvalue weighted by Crippen LogP contribution is 2.40. The molecule has 1 fully saturated rings. The summed E-state index contributed by atoms with van der Waals surface area (Å²) in [6.07, 6.45) is 1.29. The summed E-state index contributed by atoms with van der Waals surface area (Å²) in [6.45, 7) is 0.132. The maximum absolute atomic E-state index is 15.2. The number of nitrogens with zero attached hydrogens (tertiary/aromatic N) is 1. The monoisotopic (exact) mass is 526 g/mol. The van der Waals surface area contributed by atoms with Gasteiger partial charge in [-0.25, -0.2) is 8.78 Å². The zero-order valence-electron chi connectivity index (χ0n) is 19.8. The van der Waals surface area contributed by atoms with E-state index in [1.54, 1.807) is 31.4 Å². The summed E-state index contributed by atoms with van der Waals surface area (Å²) in [4.78, 5) is 15.0. The first kappa shape index (κ1) is 26.6. The fourth-order valence-corrected chi connectivity index (χ4v) is 4.43. The van der Waals surface area contributed by atoms with Crippen LogP contribution in [0.25, 0.3) is 5.57 Å². The van der Waals surface area contributed by atoms with Gasteiger partial charge in [0, 0.05) is 36.4 Å². The molecule has 10 heteroatoms. The van der Waals surface area contributed by atoms with Gasteiger partial charge in [-0.15, -0.1) is 0 Å². The van der Waals surface area contributed by atoms with Gasteiger partial charge in [0.1, 0.15) is 11.6 Å². The van der Waals surface area contributed by atoms with E-state index in [1.807, 2.05) is 0 Å². The highest BCUT2D eigenvalue weighted by Gasteiger charge is 2.44. The van der Waals surface area contributed by atoms with E-state index in [1.165, 1.54) is 4.90 Å². The molecule has 0 unspecified atom stereocenters. The van der Waals surface area contributed by atoms with Crippen LogP contribution in [0.2, 0.25) is 5.02 Å².